The maximum absolute atomic E-state index is 12.5. The third-order valence-electron chi connectivity index (χ3n) is 3.92. The summed E-state index contributed by atoms with van der Waals surface area (Å²) < 4.78 is 43.2. The number of oxime groups is 1. The van der Waals surface area contributed by atoms with Crippen LogP contribution in [0.25, 0.3) is 0 Å². The van der Waals surface area contributed by atoms with Crippen molar-refractivity contribution in [3.63, 3.8) is 0 Å². The summed E-state index contributed by atoms with van der Waals surface area (Å²) >= 11 is 0. The highest BCUT2D eigenvalue weighted by Gasteiger charge is 2.30. The first-order chi connectivity index (χ1) is 12.3. The minimum atomic E-state index is -4.44. The third kappa shape index (κ3) is 3.96. The lowest BCUT2D eigenvalue weighted by Gasteiger charge is -2.23. The van der Waals surface area contributed by atoms with Crippen molar-refractivity contribution in [1.29, 1.82) is 0 Å². The lowest BCUT2D eigenvalue weighted by molar-refractivity contribution is -0.152. The van der Waals surface area contributed by atoms with E-state index in [0.717, 1.165) is 29.8 Å². The molecule has 0 amide bonds. The van der Waals surface area contributed by atoms with Gasteiger partial charge in [0.05, 0.1) is 5.56 Å². The fraction of sp³-hybridized carbons (Fsp3) is 0.222. The number of amidine groups is 1. The summed E-state index contributed by atoms with van der Waals surface area (Å²) in [6.45, 7) is 0. The van der Waals surface area contributed by atoms with Gasteiger partial charge in [0, 0.05) is 5.56 Å². The van der Waals surface area contributed by atoms with Crippen molar-refractivity contribution < 1.29 is 27.5 Å². The van der Waals surface area contributed by atoms with E-state index in [4.69, 9.17) is 15.3 Å². The SMILES string of the molecule is N/C(=N/OC(=O)[C@@H]1CCc2ccccc2O1)c1ccc(C(F)(F)F)cc1. The topological polar surface area (TPSA) is 73.9 Å². The van der Waals surface area contributed by atoms with Crippen LogP contribution in [0.3, 0.4) is 0 Å². The molecule has 136 valence electrons. The van der Waals surface area contributed by atoms with Crippen LogP contribution in [0.2, 0.25) is 0 Å². The van der Waals surface area contributed by atoms with Crippen LogP contribution in [-0.2, 0) is 22.2 Å². The third-order valence-corrected chi connectivity index (χ3v) is 3.92. The first-order valence-corrected chi connectivity index (χ1v) is 7.81. The standard InChI is InChI=1S/C18H15F3N2O3/c19-18(20,21)13-8-5-12(6-9-13)16(22)23-26-17(24)15-10-7-11-3-1-2-4-14(11)25-15/h1-6,8-9,15H,7,10H2,(H2,22,23)/t15-/m0/s1. The molecular formula is C18H15F3N2O3. The van der Waals surface area contributed by atoms with Gasteiger partial charge in [-0.15, -0.1) is 0 Å². The average Bonchev–Trinajstić information content (AvgIpc) is 2.64. The van der Waals surface area contributed by atoms with Crippen molar-refractivity contribution >= 4 is 11.8 Å². The van der Waals surface area contributed by atoms with E-state index in [-0.39, 0.29) is 11.4 Å². The van der Waals surface area contributed by atoms with Gasteiger partial charge in [-0.1, -0.05) is 35.5 Å². The molecule has 1 aliphatic heterocycles. The Morgan fingerprint density at radius 3 is 2.54 bits per heavy atom. The van der Waals surface area contributed by atoms with E-state index in [9.17, 15) is 18.0 Å². The summed E-state index contributed by atoms with van der Waals surface area (Å²) in [5.74, 6) is -0.307. The van der Waals surface area contributed by atoms with E-state index >= 15 is 0 Å². The molecule has 26 heavy (non-hydrogen) atoms. The quantitative estimate of drug-likeness (QED) is 0.393. The Balaban J connectivity index is 1.63. The first kappa shape index (κ1) is 17.8. The molecular weight excluding hydrogens is 349 g/mol. The molecule has 1 atom stereocenters. The minimum absolute atomic E-state index is 0.205. The van der Waals surface area contributed by atoms with Crippen molar-refractivity contribution in [2.45, 2.75) is 25.1 Å². The van der Waals surface area contributed by atoms with Gasteiger partial charge in [0.1, 0.15) is 5.75 Å². The lowest BCUT2D eigenvalue weighted by atomic mass is 10.0. The van der Waals surface area contributed by atoms with Crippen LogP contribution in [0.4, 0.5) is 13.2 Å². The number of carbonyl (C=O) groups excluding carboxylic acids is 1. The zero-order valence-corrected chi connectivity index (χ0v) is 13.5. The van der Waals surface area contributed by atoms with Gasteiger partial charge in [-0.3, -0.25) is 0 Å². The van der Waals surface area contributed by atoms with Gasteiger partial charge < -0.3 is 15.3 Å². The number of hydrogen-bond donors (Lipinski definition) is 1. The van der Waals surface area contributed by atoms with E-state index in [1.165, 1.54) is 0 Å². The number of alkyl halides is 3. The van der Waals surface area contributed by atoms with Gasteiger partial charge in [0.2, 0.25) is 0 Å². The number of rotatable bonds is 3. The average molecular weight is 364 g/mol. The van der Waals surface area contributed by atoms with E-state index in [1.807, 2.05) is 12.1 Å². The van der Waals surface area contributed by atoms with Crippen LogP contribution in [-0.4, -0.2) is 17.9 Å². The molecule has 8 heteroatoms. The number of ether oxygens (including phenoxy) is 1. The maximum Gasteiger partial charge on any atom is 0.416 e. The largest absolute Gasteiger partial charge is 0.478 e. The number of halogens is 3. The van der Waals surface area contributed by atoms with Gasteiger partial charge in [-0.25, -0.2) is 4.79 Å². The zero-order chi connectivity index (χ0) is 18.7. The number of aryl methyl sites for hydroxylation is 1. The summed E-state index contributed by atoms with van der Waals surface area (Å²) in [6.07, 6.45) is -4.15. The maximum atomic E-state index is 12.5. The molecule has 5 nitrogen and oxygen atoms in total. The molecule has 0 aliphatic carbocycles. The first-order valence-electron chi connectivity index (χ1n) is 7.81. The number of benzene rings is 2. The van der Waals surface area contributed by atoms with Crippen LogP contribution >= 0.6 is 0 Å². The second-order valence-corrected chi connectivity index (χ2v) is 5.71. The van der Waals surface area contributed by atoms with Crippen LogP contribution in [0, 0.1) is 0 Å². The monoisotopic (exact) mass is 364 g/mol. The van der Waals surface area contributed by atoms with Gasteiger partial charge in [0.25, 0.3) is 0 Å². The molecule has 0 saturated carbocycles. The number of para-hydroxylation sites is 1. The summed E-state index contributed by atoms with van der Waals surface area (Å²) in [7, 11) is 0. The molecule has 0 radical (unpaired) electrons. The Bertz CT molecular complexity index is 832. The fourth-order valence-electron chi connectivity index (χ4n) is 2.53. The summed E-state index contributed by atoms with van der Waals surface area (Å²) in [5, 5.41) is 3.50. The Labute approximate surface area is 147 Å². The van der Waals surface area contributed by atoms with Crippen molar-refractivity contribution in [3.8, 4) is 5.75 Å². The highest BCUT2D eigenvalue weighted by atomic mass is 19.4. The van der Waals surface area contributed by atoms with E-state index < -0.39 is 23.8 Å². The van der Waals surface area contributed by atoms with Crippen molar-refractivity contribution in [2.75, 3.05) is 0 Å². The molecule has 2 aromatic rings. The molecule has 0 fully saturated rings. The Morgan fingerprint density at radius 1 is 1.15 bits per heavy atom. The summed E-state index contributed by atoms with van der Waals surface area (Å²) in [5.41, 5.74) is 6.07. The molecule has 0 saturated heterocycles. The zero-order valence-electron chi connectivity index (χ0n) is 13.5. The second kappa shape index (κ2) is 7.07. The van der Waals surface area contributed by atoms with Crippen molar-refractivity contribution in [1.82, 2.24) is 0 Å². The normalized spacial score (nSPS) is 17.2. The fourth-order valence-corrected chi connectivity index (χ4v) is 2.53. The van der Waals surface area contributed by atoms with Crippen molar-refractivity contribution in [2.24, 2.45) is 10.9 Å². The van der Waals surface area contributed by atoms with E-state index in [0.29, 0.717) is 18.6 Å². The predicted molar refractivity (Wildman–Crippen MR) is 87.4 cm³/mol. The van der Waals surface area contributed by atoms with Gasteiger partial charge in [-0.05, 0) is 36.6 Å². The summed E-state index contributed by atoms with van der Waals surface area (Å²) in [6, 6.07) is 11.4. The summed E-state index contributed by atoms with van der Waals surface area (Å²) in [4.78, 5) is 16.9. The number of nitrogens with two attached hydrogens (primary N) is 1. The molecule has 2 aromatic carbocycles. The highest BCUT2D eigenvalue weighted by Crippen LogP contribution is 2.29. The van der Waals surface area contributed by atoms with Gasteiger partial charge in [-0.2, -0.15) is 13.2 Å². The molecule has 0 spiro atoms. The Morgan fingerprint density at radius 2 is 1.85 bits per heavy atom. The minimum Gasteiger partial charge on any atom is -0.478 e. The molecule has 0 bridgehead atoms. The smallest absolute Gasteiger partial charge is 0.416 e. The van der Waals surface area contributed by atoms with Crippen molar-refractivity contribution in [3.05, 3.63) is 65.2 Å². The van der Waals surface area contributed by atoms with Crippen LogP contribution in [0.5, 0.6) is 5.75 Å². The van der Waals surface area contributed by atoms with Gasteiger partial charge in [0.15, 0.2) is 11.9 Å². The number of hydrogen-bond acceptors (Lipinski definition) is 4. The Hall–Kier alpha value is -3.03. The van der Waals surface area contributed by atoms with E-state index in [1.54, 1.807) is 12.1 Å². The highest BCUT2D eigenvalue weighted by molar-refractivity contribution is 5.97. The molecule has 0 unspecified atom stereocenters. The molecule has 3 rings (SSSR count). The number of nitrogens with zero attached hydrogens (tertiary/aromatic N) is 1. The lowest BCUT2D eigenvalue weighted by Crippen LogP contribution is -2.32. The van der Waals surface area contributed by atoms with Crippen LogP contribution in [0.15, 0.2) is 53.7 Å². The molecule has 1 aliphatic rings. The molecule has 2 N–H and O–H groups in total. The molecule has 1 heterocycles. The Kier molecular flexibility index (Phi) is 4.83. The van der Waals surface area contributed by atoms with Crippen LogP contribution < -0.4 is 10.5 Å². The molecule has 0 aromatic heterocycles. The second-order valence-electron chi connectivity index (χ2n) is 5.71. The number of carbonyl (C=O) groups is 1. The van der Waals surface area contributed by atoms with E-state index in [2.05, 4.69) is 5.16 Å². The van der Waals surface area contributed by atoms with Crippen LogP contribution in [0.1, 0.15) is 23.1 Å². The van der Waals surface area contributed by atoms with Gasteiger partial charge >= 0.3 is 12.1 Å². The predicted octanol–water partition coefficient (Wildman–Crippen LogP) is 3.26. The number of fused-ring (bicyclic) bond motifs is 1.